The molecule has 10 nitrogen and oxygen atoms in total. The summed E-state index contributed by atoms with van der Waals surface area (Å²) in [7, 11) is 0.277. The molecule has 3 rings (SSSR count). The Morgan fingerprint density at radius 3 is 2.14 bits per heavy atom. The van der Waals surface area contributed by atoms with E-state index in [1.165, 1.54) is 37.3 Å². The Labute approximate surface area is 248 Å². The monoisotopic (exact) mass is 597 g/mol. The number of benzene rings is 3. The average molecular weight is 598 g/mol. The van der Waals surface area contributed by atoms with Gasteiger partial charge < -0.3 is 24.4 Å². The van der Waals surface area contributed by atoms with E-state index in [1.54, 1.807) is 68.6 Å². The van der Waals surface area contributed by atoms with Crippen LogP contribution in [-0.4, -0.2) is 65.6 Å². The molecule has 0 fully saturated rings. The van der Waals surface area contributed by atoms with Gasteiger partial charge in [-0.3, -0.25) is 13.9 Å². The van der Waals surface area contributed by atoms with E-state index in [0.717, 1.165) is 22.7 Å². The van der Waals surface area contributed by atoms with Crippen molar-refractivity contribution in [3.05, 3.63) is 78.4 Å². The quantitative estimate of drug-likeness (QED) is 0.261. The minimum Gasteiger partial charge on any atom is -0.497 e. The summed E-state index contributed by atoms with van der Waals surface area (Å²) < 4.78 is 44.9. The summed E-state index contributed by atoms with van der Waals surface area (Å²) in [5, 5.41) is 2.88. The Morgan fingerprint density at radius 1 is 0.881 bits per heavy atom. The summed E-state index contributed by atoms with van der Waals surface area (Å²) in [5.74, 6) is 0.473. The molecule has 0 aromatic heterocycles. The normalized spacial score (nSPS) is 11.7. The molecule has 0 spiro atoms. The van der Waals surface area contributed by atoms with Gasteiger partial charge in [0.15, 0.2) is 11.5 Å². The van der Waals surface area contributed by atoms with Gasteiger partial charge in [0.1, 0.15) is 18.3 Å². The number of nitrogens with zero attached hydrogens (tertiary/aromatic N) is 2. The number of rotatable bonds is 15. The summed E-state index contributed by atoms with van der Waals surface area (Å²) in [6.07, 6.45) is 1.70. The lowest BCUT2D eigenvalue weighted by Crippen LogP contribution is -2.51. The second-order valence-electron chi connectivity index (χ2n) is 9.55. The van der Waals surface area contributed by atoms with Gasteiger partial charge in [0.05, 0.1) is 31.9 Å². The number of carbonyl (C=O) groups is 2. The van der Waals surface area contributed by atoms with Gasteiger partial charge in [-0.15, -0.1) is 0 Å². The Morgan fingerprint density at radius 2 is 1.55 bits per heavy atom. The minimum absolute atomic E-state index is 0.0136. The molecule has 0 aliphatic carbocycles. The van der Waals surface area contributed by atoms with E-state index in [0.29, 0.717) is 23.8 Å². The number of nitrogens with one attached hydrogen (secondary N) is 1. The smallest absolute Gasteiger partial charge is 0.264 e. The third kappa shape index (κ3) is 7.94. The molecule has 1 atom stereocenters. The molecule has 0 saturated heterocycles. The number of carbonyl (C=O) groups excluding carboxylic acids is 2. The van der Waals surface area contributed by atoms with Crippen molar-refractivity contribution in [2.45, 2.75) is 44.2 Å². The van der Waals surface area contributed by atoms with Crippen molar-refractivity contribution in [1.82, 2.24) is 10.2 Å². The SMILES string of the molecule is CCCCNC(=O)C(C)N(Cc1ccc(OC)cc1)C(=O)CN(c1ccc(OC)c(OC)c1)S(=O)(=O)c1ccccc1. The first-order chi connectivity index (χ1) is 20.2. The zero-order chi connectivity index (χ0) is 30.7. The van der Waals surface area contributed by atoms with Crippen LogP contribution in [0, 0.1) is 0 Å². The first-order valence-corrected chi connectivity index (χ1v) is 15.1. The molecule has 0 saturated carbocycles. The molecular formula is C31H39N3O7S. The van der Waals surface area contributed by atoms with Crippen LogP contribution >= 0.6 is 0 Å². The fourth-order valence-electron chi connectivity index (χ4n) is 4.27. The van der Waals surface area contributed by atoms with Crippen molar-refractivity contribution < 1.29 is 32.2 Å². The van der Waals surface area contributed by atoms with Crippen molar-refractivity contribution >= 4 is 27.5 Å². The Bertz CT molecular complexity index is 1430. The van der Waals surface area contributed by atoms with Crippen LogP contribution in [0.2, 0.25) is 0 Å². The minimum atomic E-state index is -4.20. The molecule has 3 aromatic carbocycles. The number of sulfonamides is 1. The molecule has 42 heavy (non-hydrogen) atoms. The highest BCUT2D eigenvalue weighted by atomic mass is 32.2. The molecule has 2 amide bonds. The predicted octanol–water partition coefficient (Wildman–Crippen LogP) is 4.24. The van der Waals surface area contributed by atoms with Crippen molar-refractivity contribution in [2.24, 2.45) is 0 Å². The van der Waals surface area contributed by atoms with E-state index >= 15 is 0 Å². The highest BCUT2D eigenvalue weighted by Gasteiger charge is 2.33. The molecule has 11 heteroatoms. The highest BCUT2D eigenvalue weighted by molar-refractivity contribution is 7.92. The summed E-state index contributed by atoms with van der Waals surface area (Å²) in [5.41, 5.74) is 0.954. The van der Waals surface area contributed by atoms with Crippen LogP contribution in [0.15, 0.2) is 77.7 Å². The first kappa shape index (κ1) is 32.3. The summed E-state index contributed by atoms with van der Waals surface area (Å²) >= 11 is 0. The zero-order valence-electron chi connectivity index (χ0n) is 24.7. The number of unbranched alkanes of at least 4 members (excludes halogenated alkanes) is 1. The molecule has 1 N–H and O–H groups in total. The molecule has 226 valence electrons. The molecule has 0 radical (unpaired) electrons. The fourth-order valence-corrected chi connectivity index (χ4v) is 5.70. The lowest BCUT2D eigenvalue weighted by Gasteiger charge is -2.32. The zero-order valence-corrected chi connectivity index (χ0v) is 25.5. The standard InChI is InChI=1S/C31H39N3O7S/c1-6-7-19-32-31(36)23(2)33(21-24-13-16-26(39-3)17-14-24)30(35)22-34(42(37,38)27-11-9-8-10-12-27)25-15-18-28(40-4)29(20-25)41-5/h8-18,20,23H,6-7,19,21-22H2,1-5H3,(H,32,36). The maximum atomic E-state index is 14.0. The van der Waals surface area contributed by atoms with Crippen LogP contribution in [0.4, 0.5) is 5.69 Å². The molecule has 1 unspecified atom stereocenters. The highest BCUT2D eigenvalue weighted by Crippen LogP contribution is 2.34. The van der Waals surface area contributed by atoms with Gasteiger partial charge in [-0.05, 0) is 55.3 Å². The van der Waals surface area contributed by atoms with Crippen molar-refractivity contribution in [3.8, 4) is 17.2 Å². The number of anilines is 1. The number of hydrogen-bond acceptors (Lipinski definition) is 7. The van der Waals surface area contributed by atoms with Crippen LogP contribution in [-0.2, 0) is 26.2 Å². The van der Waals surface area contributed by atoms with Gasteiger partial charge in [-0.1, -0.05) is 43.7 Å². The third-order valence-electron chi connectivity index (χ3n) is 6.77. The van der Waals surface area contributed by atoms with Crippen molar-refractivity contribution in [1.29, 1.82) is 0 Å². The van der Waals surface area contributed by atoms with Gasteiger partial charge in [-0.2, -0.15) is 0 Å². The number of methoxy groups -OCH3 is 3. The largest absolute Gasteiger partial charge is 0.497 e. The lowest BCUT2D eigenvalue weighted by atomic mass is 10.1. The van der Waals surface area contributed by atoms with Gasteiger partial charge in [0.25, 0.3) is 10.0 Å². The van der Waals surface area contributed by atoms with E-state index in [4.69, 9.17) is 14.2 Å². The Balaban J connectivity index is 2.04. The van der Waals surface area contributed by atoms with E-state index in [-0.39, 0.29) is 23.0 Å². The maximum absolute atomic E-state index is 14.0. The van der Waals surface area contributed by atoms with E-state index in [9.17, 15) is 18.0 Å². The van der Waals surface area contributed by atoms with Gasteiger partial charge >= 0.3 is 0 Å². The summed E-state index contributed by atoms with van der Waals surface area (Å²) in [6.45, 7) is 3.65. The second kappa shape index (κ2) is 15.1. The van der Waals surface area contributed by atoms with Crippen LogP contribution in [0.5, 0.6) is 17.2 Å². The molecule has 0 bridgehead atoms. The Hall–Kier alpha value is -4.25. The summed E-state index contributed by atoms with van der Waals surface area (Å²) in [4.78, 5) is 28.5. The Kier molecular flexibility index (Phi) is 11.6. The maximum Gasteiger partial charge on any atom is 0.264 e. The molecular weight excluding hydrogens is 558 g/mol. The van der Waals surface area contributed by atoms with E-state index in [2.05, 4.69) is 5.32 Å². The van der Waals surface area contributed by atoms with Crippen molar-refractivity contribution in [2.75, 3.05) is 38.7 Å². The van der Waals surface area contributed by atoms with Crippen molar-refractivity contribution in [3.63, 3.8) is 0 Å². The predicted molar refractivity (Wildman–Crippen MR) is 161 cm³/mol. The van der Waals surface area contributed by atoms with Gasteiger partial charge in [0, 0.05) is 19.2 Å². The fraction of sp³-hybridized carbons (Fsp3) is 0.355. The van der Waals surface area contributed by atoms with Crippen LogP contribution in [0.1, 0.15) is 32.3 Å². The van der Waals surface area contributed by atoms with E-state index < -0.39 is 28.5 Å². The number of amides is 2. The first-order valence-electron chi connectivity index (χ1n) is 13.7. The van der Waals surface area contributed by atoms with Crippen LogP contribution in [0.3, 0.4) is 0 Å². The molecule has 0 aliphatic rings. The molecule has 0 aliphatic heterocycles. The van der Waals surface area contributed by atoms with Crippen LogP contribution in [0.25, 0.3) is 0 Å². The topological polar surface area (TPSA) is 114 Å². The van der Waals surface area contributed by atoms with Gasteiger partial charge in [-0.25, -0.2) is 8.42 Å². The van der Waals surface area contributed by atoms with E-state index in [1.807, 2.05) is 6.92 Å². The third-order valence-corrected chi connectivity index (χ3v) is 8.56. The molecule has 3 aromatic rings. The number of hydrogen-bond donors (Lipinski definition) is 1. The number of ether oxygens (including phenoxy) is 3. The second-order valence-corrected chi connectivity index (χ2v) is 11.4. The molecule has 0 heterocycles. The van der Waals surface area contributed by atoms with Crippen LogP contribution < -0.4 is 23.8 Å². The lowest BCUT2D eigenvalue weighted by molar-refractivity contribution is -0.139. The van der Waals surface area contributed by atoms with Gasteiger partial charge in [0.2, 0.25) is 11.8 Å². The summed E-state index contributed by atoms with van der Waals surface area (Å²) in [6, 6.07) is 18.7. The average Bonchev–Trinajstić information content (AvgIpc) is 3.02.